The van der Waals surface area contributed by atoms with Crippen molar-refractivity contribution in [3.8, 4) is 0 Å². The first kappa shape index (κ1) is 7.28. The summed E-state index contributed by atoms with van der Waals surface area (Å²) < 4.78 is 0. The van der Waals surface area contributed by atoms with Crippen molar-refractivity contribution < 1.29 is 0 Å². The lowest BCUT2D eigenvalue weighted by atomic mass is 10.3. The number of aliphatic imine (C=N–C) groups is 1. The molecule has 62 valence electrons. The minimum absolute atomic E-state index is 0.408. The lowest BCUT2D eigenvalue weighted by Gasteiger charge is -2.13. The molecule has 1 aliphatic heterocycles. The third-order valence-corrected chi connectivity index (χ3v) is 1.90. The minimum Gasteiger partial charge on any atom is -0.329 e. The smallest absolute Gasteiger partial charge is 0.0899 e. The van der Waals surface area contributed by atoms with Crippen LogP contribution in [0.3, 0.4) is 0 Å². The Hall–Kier alpha value is -1.38. The predicted molar refractivity (Wildman–Crippen MR) is 49.5 cm³/mol. The van der Waals surface area contributed by atoms with Crippen LogP contribution in [-0.2, 0) is 0 Å². The average molecular weight is 161 g/mol. The summed E-state index contributed by atoms with van der Waals surface area (Å²) in [4.78, 5) is 10.4. The molecular formula is C9H11N3. The van der Waals surface area contributed by atoms with E-state index in [1.807, 2.05) is 24.7 Å². The molecule has 2 heterocycles. The lowest BCUT2D eigenvalue weighted by molar-refractivity contribution is 0.795. The van der Waals surface area contributed by atoms with Crippen molar-refractivity contribution in [2.24, 2.45) is 4.99 Å². The number of aromatic nitrogens is 1. The molecule has 12 heavy (non-hydrogen) atoms. The van der Waals surface area contributed by atoms with Crippen LogP contribution in [0.15, 0.2) is 29.5 Å². The standard InChI is InChI=1S/C9H11N3/c1-8-6-12(7-11-8)9-3-2-4-10-5-9/h2-5,7-8H,6H2,1H3. The number of pyridine rings is 1. The van der Waals surface area contributed by atoms with Gasteiger partial charge in [0.05, 0.1) is 24.3 Å². The molecule has 0 amide bonds. The van der Waals surface area contributed by atoms with Crippen LogP contribution in [0.2, 0.25) is 0 Å². The third kappa shape index (κ3) is 1.30. The van der Waals surface area contributed by atoms with Gasteiger partial charge >= 0.3 is 0 Å². The fourth-order valence-electron chi connectivity index (χ4n) is 1.27. The van der Waals surface area contributed by atoms with Gasteiger partial charge in [0.15, 0.2) is 0 Å². The Morgan fingerprint density at radius 2 is 2.50 bits per heavy atom. The number of nitrogens with zero attached hydrogens (tertiary/aromatic N) is 3. The van der Waals surface area contributed by atoms with Crippen molar-refractivity contribution in [3.05, 3.63) is 24.5 Å². The van der Waals surface area contributed by atoms with E-state index in [4.69, 9.17) is 0 Å². The normalized spacial score (nSPS) is 21.8. The average Bonchev–Trinajstić information content (AvgIpc) is 2.54. The number of anilines is 1. The molecule has 1 aliphatic rings. The summed E-state index contributed by atoms with van der Waals surface area (Å²) in [6.07, 6.45) is 5.51. The first-order valence-electron chi connectivity index (χ1n) is 4.06. The lowest BCUT2D eigenvalue weighted by Crippen LogP contribution is -2.21. The zero-order valence-electron chi connectivity index (χ0n) is 7.01. The molecule has 0 fully saturated rings. The van der Waals surface area contributed by atoms with E-state index in [1.165, 1.54) is 0 Å². The van der Waals surface area contributed by atoms with Crippen LogP contribution in [0.25, 0.3) is 0 Å². The van der Waals surface area contributed by atoms with Crippen LogP contribution in [0.4, 0.5) is 5.69 Å². The van der Waals surface area contributed by atoms with E-state index in [0.717, 1.165) is 12.2 Å². The minimum atomic E-state index is 0.408. The summed E-state index contributed by atoms with van der Waals surface area (Å²) in [6.45, 7) is 3.07. The van der Waals surface area contributed by atoms with E-state index in [0.29, 0.717) is 6.04 Å². The van der Waals surface area contributed by atoms with Crippen molar-refractivity contribution in [3.63, 3.8) is 0 Å². The van der Waals surface area contributed by atoms with Crippen LogP contribution < -0.4 is 4.90 Å². The van der Waals surface area contributed by atoms with Gasteiger partial charge in [-0.25, -0.2) is 0 Å². The second-order valence-electron chi connectivity index (χ2n) is 2.98. The molecule has 0 saturated carbocycles. The second kappa shape index (κ2) is 2.93. The molecule has 2 rings (SSSR count). The highest BCUT2D eigenvalue weighted by Gasteiger charge is 2.13. The van der Waals surface area contributed by atoms with Crippen molar-refractivity contribution >= 4 is 12.0 Å². The maximum atomic E-state index is 4.27. The van der Waals surface area contributed by atoms with Crippen LogP contribution in [0.1, 0.15) is 6.92 Å². The molecule has 0 radical (unpaired) electrons. The first-order valence-corrected chi connectivity index (χ1v) is 4.06. The Balaban J connectivity index is 2.18. The second-order valence-corrected chi connectivity index (χ2v) is 2.98. The van der Waals surface area contributed by atoms with Crippen LogP contribution in [0.5, 0.6) is 0 Å². The number of hydrogen-bond acceptors (Lipinski definition) is 3. The van der Waals surface area contributed by atoms with E-state index in [2.05, 4.69) is 21.8 Å². The first-order chi connectivity index (χ1) is 5.86. The van der Waals surface area contributed by atoms with Gasteiger partial charge in [-0.2, -0.15) is 0 Å². The van der Waals surface area contributed by atoms with E-state index in [1.54, 1.807) is 6.20 Å². The molecule has 1 aromatic heterocycles. The highest BCUT2D eigenvalue weighted by atomic mass is 15.2. The van der Waals surface area contributed by atoms with Gasteiger partial charge in [0, 0.05) is 12.7 Å². The molecule has 0 N–H and O–H groups in total. The highest BCUT2D eigenvalue weighted by molar-refractivity contribution is 5.80. The van der Waals surface area contributed by atoms with Gasteiger partial charge in [-0.05, 0) is 19.1 Å². The van der Waals surface area contributed by atoms with Crippen LogP contribution in [0, 0.1) is 0 Å². The summed E-state index contributed by atoms with van der Waals surface area (Å²) in [5.74, 6) is 0. The Bertz CT molecular complexity index is 281. The molecule has 0 saturated heterocycles. The van der Waals surface area contributed by atoms with Gasteiger partial charge < -0.3 is 4.90 Å². The number of hydrogen-bond donors (Lipinski definition) is 0. The third-order valence-electron chi connectivity index (χ3n) is 1.90. The van der Waals surface area contributed by atoms with E-state index < -0.39 is 0 Å². The molecule has 1 aromatic rings. The Kier molecular flexibility index (Phi) is 1.78. The fraction of sp³-hybridized carbons (Fsp3) is 0.333. The van der Waals surface area contributed by atoms with Gasteiger partial charge in [0.1, 0.15) is 0 Å². The molecule has 0 aromatic carbocycles. The Labute approximate surface area is 71.8 Å². The topological polar surface area (TPSA) is 28.5 Å². The SMILES string of the molecule is CC1CN(c2cccnc2)C=N1. The summed E-state index contributed by atoms with van der Waals surface area (Å²) in [5, 5.41) is 0. The largest absolute Gasteiger partial charge is 0.329 e. The monoisotopic (exact) mass is 161 g/mol. The van der Waals surface area contributed by atoms with Gasteiger partial charge in [-0.15, -0.1) is 0 Å². The molecule has 1 unspecified atom stereocenters. The summed E-state index contributed by atoms with van der Waals surface area (Å²) in [7, 11) is 0. The van der Waals surface area contributed by atoms with Crippen molar-refractivity contribution in [1.82, 2.24) is 4.98 Å². The van der Waals surface area contributed by atoms with Crippen LogP contribution >= 0.6 is 0 Å². The zero-order chi connectivity index (χ0) is 8.39. The molecule has 3 heteroatoms. The highest BCUT2D eigenvalue weighted by Crippen LogP contribution is 2.14. The molecule has 0 bridgehead atoms. The van der Waals surface area contributed by atoms with E-state index in [-0.39, 0.29) is 0 Å². The molecule has 1 atom stereocenters. The van der Waals surface area contributed by atoms with Gasteiger partial charge in [-0.3, -0.25) is 9.98 Å². The summed E-state index contributed by atoms with van der Waals surface area (Å²) in [5.41, 5.74) is 1.12. The molecular weight excluding hydrogens is 150 g/mol. The van der Waals surface area contributed by atoms with Gasteiger partial charge in [-0.1, -0.05) is 0 Å². The zero-order valence-corrected chi connectivity index (χ0v) is 7.01. The molecule has 0 spiro atoms. The maximum absolute atomic E-state index is 4.27. The maximum Gasteiger partial charge on any atom is 0.0899 e. The molecule has 0 aliphatic carbocycles. The fourth-order valence-corrected chi connectivity index (χ4v) is 1.27. The predicted octanol–water partition coefficient (Wildman–Crippen LogP) is 1.32. The summed E-state index contributed by atoms with van der Waals surface area (Å²) >= 11 is 0. The van der Waals surface area contributed by atoms with E-state index in [9.17, 15) is 0 Å². The van der Waals surface area contributed by atoms with Gasteiger partial charge in [0.2, 0.25) is 0 Å². The van der Waals surface area contributed by atoms with Crippen molar-refractivity contribution in [2.75, 3.05) is 11.4 Å². The van der Waals surface area contributed by atoms with Gasteiger partial charge in [0.25, 0.3) is 0 Å². The van der Waals surface area contributed by atoms with E-state index >= 15 is 0 Å². The summed E-state index contributed by atoms with van der Waals surface area (Å²) in [6, 6.07) is 4.38. The van der Waals surface area contributed by atoms with Crippen molar-refractivity contribution in [2.45, 2.75) is 13.0 Å². The van der Waals surface area contributed by atoms with Crippen molar-refractivity contribution in [1.29, 1.82) is 0 Å². The Morgan fingerprint density at radius 1 is 1.58 bits per heavy atom. The van der Waals surface area contributed by atoms with Crippen LogP contribution in [-0.4, -0.2) is 23.9 Å². The number of rotatable bonds is 1. The quantitative estimate of drug-likeness (QED) is 0.621. The molecule has 3 nitrogen and oxygen atoms in total. The Morgan fingerprint density at radius 3 is 3.08 bits per heavy atom.